The summed E-state index contributed by atoms with van der Waals surface area (Å²) in [5.41, 5.74) is 2.94. The van der Waals surface area contributed by atoms with Gasteiger partial charge in [0, 0.05) is 18.7 Å². The number of benzene rings is 2. The van der Waals surface area contributed by atoms with Crippen LogP contribution in [0.3, 0.4) is 0 Å². The summed E-state index contributed by atoms with van der Waals surface area (Å²) >= 11 is 1.45. The average molecular weight is 424 g/mol. The lowest BCUT2D eigenvalue weighted by atomic mass is 10.1. The number of thiophene rings is 1. The topological polar surface area (TPSA) is 56.8 Å². The first-order valence-electron chi connectivity index (χ1n) is 10.1. The van der Waals surface area contributed by atoms with Gasteiger partial charge in [-0.15, -0.1) is 11.3 Å². The van der Waals surface area contributed by atoms with Crippen LogP contribution in [0.15, 0.2) is 60.0 Å². The lowest BCUT2D eigenvalue weighted by Gasteiger charge is -2.15. The zero-order valence-corrected chi connectivity index (χ0v) is 17.7. The summed E-state index contributed by atoms with van der Waals surface area (Å²) in [5.74, 6) is 1.26. The molecule has 0 spiro atoms. The smallest absolute Gasteiger partial charge is 0.262 e. The number of hydrogen-bond acceptors (Lipinski definition) is 5. The molecule has 30 heavy (non-hydrogen) atoms. The van der Waals surface area contributed by atoms with E-state index in [0.717, 1.165) is 36.1 Å². The molecule has 2 heterocycles. The van der Waals surface area contributed by atoms with Crippen molar-refractivity contribution in [3.05, 3.63) is 70.4 Å². The van der Waals surface area contributed by atoms with Crippen LogP contribution < -0.4 is 14.8 Å². The summed E-state index contributed by atoms with van der Waals surface area (Å²) in [5, 5.41) is 4.96. The summed E-state index contributed by atoms with van der Waals surface area (Å²) in [6.45, 7) is 1.74. The van der Waals surface area contributed by atoms with E-state index in [1.54, 1.807) is 7.11 Å². The van der Waals surface area contributed by atoms with Gasteiger partial charge in [-0.1, -0.05) is 36.4 Å². The Morgan fingerprint density at radius 3 is 2.80 bits per heavy atom. The minimum Gasteiger partial charge on any atom is -0.493 e. The zero-order valence-electron chi connectivity index (χ0n) is 16.9. The largest absolute Gasteiger partial charge is 0.493 e. The molecule has 4 rings (SSSR count). The van der Waals surface area contributed by atoms with Crippen molar-refractivity contribution in [3.8, 4) is 22.6 Å². The van der Waals surface area contributed by atoms with E-state index in [1.165, 1.54) is 11.3 Å². The van der Waals surface area contributed by atoms with Gasteiger partial charge < -0.3 is 19.5 Å². The van der Waals surface area contributed by atoms with Crippen molar-refractivity contribution >= 4 is 17.2 Å². The highest BCUT2D eigenvalue weighted by Gasteiger charge is 2.18. The van der Waals surface area contributed by atoms with Gasteiger partial charge in [0.15, 0.2) is 11.5 Å². The highest BCUT2D eigenvalue weighted by Crippen LogP contribution is 2.30. The third kappa shape index (κ3) is 4.83. The molecule has 3 aromatic rings. The predicted octanol–water partition coefficient (Wildman–Crippen LogP) is 4.91. The molecule has 2 aromatic carbocycles. The molecule has 1 fully saturated rings. The molecule has 1 saturated heterocycles. The summed E-state index contributed by atoms with van der Waals surface area (Å²) < 4.78 is 17.0. The molecule has 1 aliphatic heterocycles. The van der Waals surface area contributed by atoms with Crippen LogP contribution in [0.2, 0.25) is 0 Å². The van der Waals surface area contributed by atoms with Crippen LogP contribution >= 0.6 is 11.3 Å². The van der Waals surface area contributed by atoms with Crippen molar-refractivity contribution in [2.24, 2.45) is 0 Å². The number of methoxy groups -OCH3 is 1. The van der Waals surface area contributed by atoms with Gasteiger partial charge in [0.1, 0.15) is 6.61 Å². The quantitative estimate of drug-likeness (QED) is 0.559. The third-order valence-corrected chi connectivity index (χ3v) is 6.00. The highest BCUT2D eigenvalue weighted by molar-refractivity contribution is 7.12. The molecule has 0 bridgehead atoms. The Hall–Kier alpha value is -2.83. The molecule has 1 N–H and O–H groups in total. The van der Waals surface area contributed by atoms with Gasteiger partial charge in [0.05, 0.1) is 18.1 Å². The molecule has 0 radical (unpaired) electrons. The number of amides is 1. The van der Waals surface area contributed by atoms with Crippen LogP contribution in [0.25, 0.3) is 11.1 Å². The van der Waals surface area contributed by atoms with Gasteiger partial charge in [0.2, 0.25) is 0 Å². The summed E-state index contributed by atoms with van der Waals surface area (Å²) in [4.78, 5) is 13.5. The molecular weight excluding hydrogens is 398 g/mol. The van der Waals surface area contributed by atoms with Crippen LogP contribution in [-0.4, -0.2) is 32.3 Å². The molecule has 156 valence electrons. The molecule has 1 atom stereocenters. The third-order valence-electron chi connectivity index (χ3n) is 5.09. The SMILES string of the molecule is COc1cc(CNC(=O)c2sccc2-c2ccccc2)ccc1OCC1CCCO1. The van der Waals surface area contributed by atoms with Crippen molar-refractivity contribution in [1.29, 1.82) is 0 Å². The first-order valence-corrected chi connectivity index (χ1v) is 10.9. The van der Waals surface area contributed by atoms with E-state index in [1.807, 2.05) is 60.0 Å². The first-order chi connectivity index (χ1) is 14.7. The van der Waals surface area contributed by atoms with E-state index in [-0.39, 0.29) is 12.0 Å². The molecule has 1 amide bonds. The van der Waals surface area contributed by atoms with Crippen molar-refractivity contribution in [2.75, 3.05) is 20.3 Å². The summed E-state index contributed by atoms with van der Waals surface area (Å²) in [6, 6.07) is 17.7. The van der Waals surface area contributed by atoms with Gasteiger partial charge >= 0.3 is 0 Å². The second kappa shape index (κ2) is 9.78. The van der Waals surface area contributed by atoms with Gasteiger partial charge in [-0.2, -0.15) is 0 Å². The van der Waals surface area contributed by atoms with Crippen LogP contribution in [0.4, 0.5) is 0 Å². The number of ether oxygens (including phenoxy) is 3. The van der Waals surface area contributed by atoms with E-state index in [4.69, 9.17) is 14.2 Å². The number of carbonyl (C=O) groups is 1. The highest BCUT2D eigenvalue weighted by atomic mass is 32.1. The Balaban J connectivity index is 1.39. The molecule has 1 unspecified atom stereocenters. The monoisotopic (exact) mass is 423 g/mol. The minimum atomic E-state index is -0.0819. The molecule has 1 aliphatic rings. The first kappa shape index (κ1) is 20.4. The molecule has 6 heteroatoms. The Bertz CT molecular complexity index is 980. The fraction of sp³-hybridized carbons (Fsp3) is 0.292. The molecule has 5 nitrogen and oxygen atoms in total. The van der Waals surface area contributed by atoms with E-state index < -0.39 is 0 Å². The molecule has 0 aliphatic carbocycles. The van der Waals surface area contributed by atoms with Crippen molar-refractivity contribution in [3.63, 3.8) is 0 Å². The summed E-state index contributed by atoms with van der Waals surface area (Å²) in [6.07, 6.45) is 2.26. The Labute approximate surface area is 180 Å². The van der Waals surface area contributed by atoms with Crippen LogP contribution in [0.1, 0.15) is 28.1 Å². The van der Waals surface area contributed by atoms with Crippen LogP contribution in [0, 0.1) is 0 Å². The number of nitrogens with one attached hydrogen (secondary N) is 1. The van der Waals surface area contributed by atoms with E-state index >= 15 is 0 Å². The lowest BCUT2D eigenvalue weighted by Crippen LogP contribution is -2.22. The van der Waals surface area contributed by atoms with E-state index in [2.05, 4.69) is 5.32 Å². The van der Waals surface area contributed by atoms with E-state index in [0.29, 0.717) is 29.5 Å². The number of hydrogen-bond donors (Lipinski definition) is 1. The van der Waals surface area contributed by atoms with Gasteiger partial charge in [-0.25, -0.2) is 0 Å². The zero-order chi connectivity index (χ0) is 20.8. The van der Waals surface area contributed by atoms with Crippen molar-refractivity contribution in [2.45, 2.75) is 25.5 Å². The van der Waals surface area contributed by atoms with Crippen molar-refractivity contribution < 1.29 is 19.0 Å². The second-order valence-corrected chi connectivity index (χ2v) is 8.06. The van der Waals surface area contributed by atoms with Gasteiger partial charge in [-0.3, -0.25) is 4.79 Å². The number of rotatable bonds is 8. The Morgan fingerprint density at radius 2 is 2.03 bits per heavy atom. The fourth-order valence-electron chi connectivity index (χ4n) is 3.49. The standard InChI is InChI=1S/C24H25NO4S/c1-27-22-14-17(9-10-21(22)29-16-19-8-5-12-28-19)15-25-24(26)23-20(11-13-30-23)18-6-3-2-4-7-18/h2-4,6-7,9-11,13-14,19H,5,8,12,15-16H2,1H3,(H,25,26). The van der Waals surface area contributed by atoms with E-state index in [9.17, 15) is 4.79 Å². The van der Waals surface area contributed by atoms with Gasteiger partial charge in [-0.05, 0) is 47.5 Å². The van der Waals surface area contributed by atoms with Crippen molar-refractivity contribution in [1.82, 2.24) is 5.32 Å². The molecule has 0 saturated carbocycles. The maximum absolute atomic E-state index is 12.8. The Morgan fingerprint density at radius 1 is 1.17 bits per heavy atom. The maximum Gasteiger partial charge on any atom is 0.262 e. The molecular formula is C24H25NO4S. The normalized spacial score (nSPS) is 15.7. The van der Waals surface area contributed by atoms with Crippen LogP contribution in [0.5, 0.6) is 11.5 Å². The fourth-order valence-corrected chi connectivity index (χ4v) is 4.32. The Kier molecular flexibility index (Phi) is 6.67. The molecule has 1 aromatic heterocycles. The minimum absolute atomic E-state index is 0.0819. The average Bonchev–Trinajstić information content (AvgIpc) is 3.49. The predicted molar refractivity (Wildman–Crippen MR) is 118 cm³/mol. The second-order valence-electron chi connectivity index (χ2n) is 7.14. The number of carbonyl (C=O) groups excluding carboxylic acids is 1. The lowest BCUT2D eigenvalue weighted by molar-refractivity contribution is 0.0669. The maximum atomic E-state index is 12.8. The summed E-state index contributed by atoms with van der Waals surface area (Å²) in [7, 11) is 1.62. The van der Waals surface area contributed by atoms with Crippen LogP contribution in [-0.2, 0) is 11.3 Å². The van der Waals surface area contributed by atoms with Gasteiger partial charge in [0.25, 0.3) is 5.91 Å².